The number of benzene rings is 2. The number of nitrogens with one attached hydrogen (secondary N) is 4. The number of fused-ring (bicyclic) bond motifs is 1. The van der Waals surface area contributed by atoms with Crippen LogP contribution in [0, 0.1) is 13.8 Å². The minimum Gasteiger partial charge on any atom is -0.357 e. The fourth-order valence-corrected chi connectivity index (χ4v) is 3.84. The minimum absolute atomic E-state index is 0.147. The number of rotatable bonds is 6. The van der Waals surface area contributed by atoms with Gasteiger partial charge in [-0.3, -0.25) is 14.4 Å². The summed E-state index contributed by atoms with van der Waals surface area (Å²) in [7, 11) is 0. The smallest absolute Gasteiger partial charge is 0.256 e. The summed E-state index contributed by atoms with van der Waals surface area (Å²) in [4.78, 5) is 40.3. The van der Waals surface area contributed by atoms with Gasteiger partial charge < -0.3 is 20.9 Å². The van der Waals surface area contributed by atoms with Gasteiger partial charge in [0.15, 0.2) is 0 Å². The van der Waals surface area contributed by atoms with Crippen molar-refractivity contribution in [2.24, 2.45) is 0 Å². The maximum absolute atomic E-state index is 12.7. The van der Waals surface area contributed by atoms with Crippen LogP contribution in [0.2, 0.25) is 0 Å². The van der Waals surface area contributed by atoms with Crippen molar-refractivity contribution in [1.29, 1.82) is 0 Å². The fourth-order valence-electron chi connectivity index (χ4n) is 3.78. The van der Waals surface area contributed by atoms with Crippen molar-refractivity contribution in [3.63, 3.8) is 0 Å². The number of aromatic nitrogens is 1. The van der Waals surface area contributed by atoms with Crippen LogP contribution < -0.4 is 16.0 Å². The van der Waals surface area contributed by atoms with Crippen molar-refractivity contribution < 1.29 is 14.4 Å². The van der Waals surface area contributed by atoms with Crippen molar-refractivity contribution >= 4 is 52.3 Å². The Morgan fingerprint density at radius 2 is 1.85 bits per heavy atom. The zero-order valence-corrected chi connectivity index (χ0v) is 19.0. The second-order valence-corrected chi connectivity index (χ2v) is 8.05. The third kappa shape index (κ3) is 4.68. The van der Waals surface area contributed by atoms with Crippen LogP contribution >= 0.6 is 11.6 Å². The molecule has 0 saturated carbocycles. The lowest BCUT2D eigenvalue weighted by Gasteiger charge is -2.07. The van der Waals surface area contributed by atoms with E-state index in [0.717, 1.165) is 16.8 Å². The Morgan fingerprint density at radius 3 is 2.58 bits per heavy atom. The molecule has 2 heterocycles. The number of carbonyl (C=O) groups excluding carboxylic acids is 3. The van der Waals surface area contributed by atoms with Gasteiger partial charge in [0.2, 0.25) is 5.91 Å². The first-order valence-corrected chi connectivity index (χ1v) is 11.0. The summed E-state index contributed by atoms with van der Waals surface area (Å²) in [5.41, 5.74) is 6.05. The van der Waals surface area contributed by atoms with Crippen LogP contribution in [0.3, 0.4) is 0 Å². The van der Waals surface area contributed by atoms with E-state index in [1.54, 1.807) is 24.3 Å². The van der Waals surface area contributed by atoms with Crippen molar-refractivity contribution in [3.05, 3.63) is 82.2 Å². The van der Waals surface area contributed by atoms with Gasteiger partial charge in [-0.05, 0) is 49.2 Å². The summed E-state index contributed by atoms with van der Waals surface area (Å²) in [6.07, 6.45) is 1.73. The molecule has 4 rings (SSSR count). The summed E-state index contributed by atoms with van der Waals surface area (Å²) in [6, 6.07) is 14.8. The van der Waals surface area contributed by atoms with E-state index in [-0.39, 0.29) is 23.6 Å². The lowest BCUT2D eigenvalue weighted by Crippen LogP contribution is -2.22. The Bertz CT molecular complexity index is 1280. The molecule has 7 nitrogen and oxygen atoms in total. The quantitative estimate of drug-likeness (QED) is 0.325. The van der Waals surface area contributed by atoms with Gasteiger partial charge in [-0.25, -0.2) is 0 Å². The molecule has 0 spiro atoms. The molecule has 0 saturated heterocycles. The number of carbonyl (C=O) groups is 3. The Morgan fingerprint density at radius 1 is 1.09 bits per heavy atom. The normalized spacial score (nSPS) is 13.5. The Labute approximate surface area is 196 Å². The average Bonchev–Trinajstić information content (AvgIpc) is 3.27. The summed E-state index contributed by atoms with van der Waals surface area (Å²) < 4.78 is 0. The zero-order valence-electron chi connectivity index (χ0n) is 18.2. The topological polar surface area (TPSA) is 103 Å². The molecule has 0 fully saturated rings. The van der Waals surface area contributed by atoms with E-state index in [4.69, 9.17) is 11.6 Å². The van der Waals surface area contributed by atoms with Crippen LogP contribution in [0.1, 0.15) is 38.4 Å². The molecule has 0 bridgehead atoms. The number of amides is 3. The first-order chi connectivity index (χ1) is 15.9. The third-order valence-electron chi connectivity index (χ3n) is 5.51. The highest BCUT2D eigenvalue weighted by molar-refractivity contribution is 6.35. The van der Waals surface area contributed by atoms with Crippen LogP contribution in [-0.2, 0) is 16.1 Å². The first kappa shape index (κ1) is 22.4. The number of hydrogen-bond donors (Lipinski definition) is 4. The van der Waals surface area contributed by atoms with Gasteiger partial charge in [0.1, 0.15) is 5.88 Å². The van der Waals surface area contributed by atoms with Crippen LogP contribution in [0.4, 0.5) is 11.4 Å². The molecule has 33 heavy (non-hydrogen) atoms. The lowest BCUT2D eigenvalue weighted by atomic mass is 10.0. The number of hydrogen-bond acceptors (Lipinski definition) is 3. The van der Waals surface area contributed by atoms with E-state index in [0.29, 0.717) is 40.3 Å². The molecule has 4 N–H and O–H groups in total. The van der Waals surface area contributed by atoms with Gasteiger partial charge in [-0.1, -0.05) is 30.3 Å². The summed E-state index contributed by atoms with van der Waals surface area (Å²) in [5.74, 6) is -0.940. The second kappa shape index (κ2) is 9.34. The summed E-state index contributed by atoms with van der Waals surface area (Å²) in [5, 5.41) is 8.51. The average molecular weight is 463 g/mol. The van der Waals surface area contributed by atoms with E-state index in [1.165, 1.54) is 0 Å². The second-order valence-electron chi connectivity index (χ2n) is 7.79. The van der Waals surface area contributed by atoms with Crippen molar-refractivity contribution in [2.75, 3.05) is 16.5 Å². The molecule has 2 aromatic carbocycles. The van der Waals surface area contributed by atoms with Gasteiger partial charge in [0, 0.05) is 34.7 Å². The predicted octanol–water partition coefficient (Wildman–Crippen LogP) is 4.23. The van der Waals surface area contributed by atoms with Crippen molar-refractivity contribution in [3.8, 4) is 0 Å². The van der Waals surface area contributed by atoms with Gasteiger partial charge in [0.05, 0.1) is 11.3 Å². The van der Waals surface area contributed by atoms with Crippen LogP contribution in [-0.4, -0.2) is 28.6 Å². The molecular formula is C25H23ClN4O3. The Balaban J connectivity index is 1.61. The molecule has 0 radical (unpaired) electrons. The highest BCUT2D eigenvalue weighted by Gasteiger charge is 2.26. The highest BCUT2D eigenvalue weighted by atomic mass is 35.5. The van der Waals surface area contributed by atoms with E-state index >= 15 is 0 Å². The van der Waals surface area contributed by atoms with E-state index in [9.17, 15) is 14.4 Å². The number of H-pyrrole nitrogens is 1. The van der Waals surface area contributed by atoms with E-state index in [2.05, 4.69) is 20.9 Å². The maximum atomic E-state index is 12.7. The molecule has 8 heteroatoms. The molecule has 1 aromatic heterocycles. The Kier molecular flexibility index (Phi) is 6.33. The van der Waals surface area contributed by atoms with Gasteiger partial charge in [-0.2, -0.15) is 0 Å². The minimum atomic E-state index is -0.309. The monoisotopic (exact) mass is 462 g/mol. The molecule has 168 valence electrons. The molecule has 3 amide bonds. The molecule has 0 aliphatic carbocycles. The van der Waals surface area contributed by atoms with Crippen LogP contribution in [0.5, 0.6) is 0 Å². The molecule has 0 unspecified atom stereocenters. The number of halogens is 1. The predicted molar refractivity (Wildman–Crippen MR) is 130 cm³/mol. The van der Waals surface area contributed by atoms with Crippen molar-refractivity contribution in [2.45, 2.75) is 20.4 Å². The number of aromatic amines is 1. The summed E-state index contributed by atoms with van der Waals surface area (Å²) >= 11 is 5.60. The molecule has 1 aliphatic rings. The lowest BCUT2D eigenvalue weighted by molar-refractivity contribution is -0.114. The summed E-state index contributed by atoms with van der Waals surface area (Å²) in [6.45, 7) is 4.09. The van der Waals surface area contributed by atoms with Crippen molar-refractivity contribution in [1.82, 2.24) is 10.3 Å². The third-order valence-corrected chi connectivity index (χ3v) is 5.75. The zero-order chi connectivity index (χ0) is 23.5. The van der Waals surface area contributed by atoms with E-state index < -0.39 is 0 Å². The van der Waals surface area contributed by atoms with E-state index in [1.807, 2.05) is 44.2 Å². The van der Waals surface area contributed by atoms with Gasteiger partial charge in [0.25, 0.3) is 11.8 Å². The molecule has 3 aromatic rings. The van der Waals surface area contributed by atoms with Crippen LogP contribution in [0.15, 0.2) is 48.5 Å². The largest absolute Gasteiger partial charge is 0.357 e. The SMILES string of the molecule is Cc1[nH]c(C=C2C(=O)Nc3ccc(C(=O)NCc4ccccc4)cc32)c(C)c1NC(=O)CCl. The number of alkyl halides is 1. The van der Waals surface area contributed by atoms with Gasteiger partial charge >= 0.3 is 0 Å². The molecular weight excluding hydrogens is 440 g/mol. The first-order valence-electron chi connectivity index (χ1n) is 10.4. The molecule has 1 aliphatic heterocycles. The Hall–Kier alpha value is -3.84. The fraction of sp³-hybridized carbons (Fsp3) is 0.160. The maximum Gasteiger partial charge on any atom is 0.256 e. The molecule has 0 atom stereocenters. The highest BCUT2D eigenvalue weighted by Crippen LogP contribution is 2.35. The number of anilines is 2. The van der Waals surface area contributed by atoms with Gasteiger partial charge in [-0.15, -0.1) is 11.6 Å². The number of aryl methyl sites for hydroxylation is 1. The standard InChI is InChI=1S/C25H23ClN4O3/c1-14-21(28-15(2)23(14)30-22(31)12-26)11-19-18-10-17(8-9-20(18)29-25(19)33)24(32)27-13-16-6-4-3-5-7-16/h3-11,28H,12-13H2,1-2H3,(H,27,32)(H,29,33)(H,30,31). The van der Waals surface area contributed by atoms with Crippen LogP contribution in [0.25, 0.3) is 11.6 Å².